The zero-order chi connectivity index (χ0) is 22.9. The van der Waals surface area contributed by atoms with E-state index in [9.17, 15) is 19.8 Å². The van der Waals surface area contributed by atoms with Gasteiger partial charge < -0.3 is 14.9 Å². The van der Waals surface area contributed by atoms with Crippen LogP contribution < -0.4 is 0 Å². The highest BCUT2D eigenvalue weighted by Crippen LogP contribution is 2.33. The van der Waals surface area contributed by atoms with Gasteiger partial charge in [0, 0.05) is 11.6 Å². The first-order valence-electron chi connectivity index (χ1n) is 10.3. The van der Waals surface area contributed by atoms with Gasteiger partial charge in [-0.15, -0.1) is 0 Å². The summed E-state index contributed by atoms with van der Waals surface area (Å²) in [4.78, 5) is 24.7. The van der Waals surface area contributed by atoms with Crippen molar-refractivity contribution >= 4 is 11.8 Å². The molecule has 166 valence electrons. The Balaban J connectivity index is 3.38. The van der Waals surface area contributed by atoms with Crippen LogP contribution in [0.5, 0.6) is 0 Å². The van der Waals surface area contributed by atoms with Crippen LogP contribution in [-0.2, 0) is 14.3 Å². The number of carbonyl (C=O) groups excluding carboxylic acids is 2. The number of aliphatic hydroxyl groups is 2. The van der Waals surface area contributed by atoms with Crippen LogP contribution in [0.3, 0.4) is 0 Å². The summed E-state index contributed by atoms with van der Waals surface area (Å²) in [5.41, 5.74) is 0.344. The van der Waals surface area contributed by atoms with Gasteiger partial charge in [0.05, 0.1) is 6.61 Å². The number of allylic oxidation sites excluding steroid dienone is 6. The Labute approximate surface area is 180 Å². The van der Waals surface area contributed by atoms with Crippen molar-refractivity contribution in [2.24, 2.45) is 5.41 Å². The zero-order valence-corrected chi connectivity index (χ0v) is 19.1. The minimum Gasteiger partial charge on any atom is -0.452 e. The summed E-state index contributed by atoms with van der Waals surface area (Å²) in [6.45, 7) is 10.8. The Kier molecular flexibility index (Phi) is 9.66. The topological polar surface area (TPSA) is 83.8 Å². The van der Waals surface area contributed by atoms with E-state index in [1.807, 2.05) is 26.8 Å². The van der Waals surface area contributed by atoms with Crippen molar-refractivity contribution < 1.29 is 24.5 Å². The van der Waals surface area contributed by atoms with Gasteiger partial charge >= 0.3 is 5.97 Å². The van der Waals surface area contributed by atoms with Crippen molar-refractivity contribution in [1.82, 2.24) is 0 Å². The second-order valence-electron chi connectivity index (χ2n) is 8.93. The van der Waals surface area contributed by atoms with E-state index < -0.39 is 17.7 Å². The van der Waals surface area contributed by atoms with E-state index in [4.69, 9.17) is 4.74 Å². The molecule has 0 aromatic heterocycles. The van der Waals surface area contributed by atoms with Gasteiger partial charge in [-0.05, 0) is 77.5 Å². The van der Waals surface area contributed by atoms with E-state index in [0.29, 0.717) is 6.42 Å². The molecule has 1 rings (SSSR count). The maximum absolute atomic E-state index is 12.5. The number of rotatable bonds is 6. The third kappa shape index (κ3) is 8.64. The number of hydrogen-bond donors (Lipinski definition) is 2. The van der Waals surface area contributed by atoms with Crippen molar-refractivity contribution in [3.05, 3.63) is 59.3 Å². The lowest BCUT2D eigenvalue weighted by Crippen LogP contribution is -2.39. The molecule has 0 fully saturated rings. The highest BCUT2D eigenvalue weighted by molar-refractivity contribution is 6.04. The first-order valence-corrected chi connectivity index (χ1v) is 10.3. The summed E-state index contributed by atoms with van der Waals surface area (Å²) < 4.78 is 5.52. The second kappa shape index (κ2) is 11.2. The molecule has 5 heteroatoms. The average molecular weight is 417 g/mol. The van der Waals surface area contributed by atoms with Crippen LogP contribution in [0.15, 0.2) is 59.3 Å². The highest BCUT2D eigenvalue weighted by atomic mass is 16.6. The third-order valence-corrected chi connectivity index (χ3v) is 5.04. The fourth-order valence-electron chi connectivity index (χ4n) is 3.06. The van der Waals surface area contributed by atoms with E-state index in [0.717, 1.165) is 18.4 Å². The smallest absolute Gasteiger partial charge is 0.331 e. The van der Waals surface area contributed by atoms with Crippen LogP contribution >= 0.6 is 0 Å². The van der Waals surface area contributed by atoms with Crippen LogP contribution in [0.1, 0.15) is 60.8 Å². The Morgan fingerprint density at radius 1 is 1.20 bits per heavy atom. The van der Waals surface area contributed by atoms with Crippen LogP contribution in [-0.4, -0.2) is 40.3 Å². The van der Waals surface area contributed by atoms with Gasteiger partial charge in [0.1, 0.15) is 5.60 Å². The number of ether oxygens (including phenoxy) is 1. The van der Waals surface area contributed by atoms with E-state index in [1.165, 1.54) is 30.7 Å². The van der Waals surface area contributed by atoms with E-state index in [1.54, 1.807) is 26.0 Å². The molecule has 0 heterocycles. The van der Waals surface area contributed by atoms with Crippen molar-refractivity contribution in [3.63, 3.8) is 0 Å². The van der Waals surface area contributed by atoms with Gasteiger partial charge in [0.15, 0.2) is 11.9 Å². The summed E-state index contributed by atoms with van der Waals surface area (Å²) in [5, 5.41) is 20.6. The molecule has 2 N–H and O–H groups in total. The van der Waals surface area contributed by atoms with Gasteiger partial charge in [0.25, 0.3) is 0 Å². The molecule has 0 spiro atoms. The van der Waals surface area contributed by atoms with Gasteiger partial charge in [-0.25, -0.2) is 4.79 Å². The first kappa shape index (κ1) is 25.8. The molecule has 0 aliphatic heterocycles. The molecule has 0 aromatic rings. The molecule has 1 aliphatic rings. The van der Waals surface area contributed by atoms with Crippen molar-refractivity contribution in [3.8, 4) is 0 Å². The molecule has 3 unspecified atom stereocenters. The quantitative estimate of drug-likeness (QED) is 0.382. The van der Waals surface area contributed by atoms with Crippen molar-refractivity contribution in [2.75, 3.05) is 6.61 Å². The summed E-state index contributed by atoms with van der Waals surface area (Å²) in [7, 11) is 0. The van der Waals surface area contributed by atoms with E-state index >= 15 is 0 Å². The number of carbonyl (C=O) groups is 2. The van der Waals surface area contributed by atoms with Crippen molar-refractivity contribution in [2.45, 2.75) is 72.5 Å². The Bertz CT molecular complexity index is 771. The molecular formula is C25H36O5. The first-order chi connectivity index (χ1) is 13.9. The zero-order valence-electron chi connectivity index (χ0n) is 19.1. The van der Waals surface area contributed by atoms with Gasteiger partial charge in [0.2, 0.25) is 0 Å². The van der Waals surface area contributed by atoms with Gasteiger partial charge in [-0.2, -0.15) is 0 Å². The highest BCUT2D eigenvalue weighted by Gasteiger charge is 2.32. The van der Waals surface area contributed by atoms with Gasteiger partial charge in [-0.1, -0.05) is 36.3 Å². The third-order valence-electron chi connectivity index (χ3n) is 5.04. The standard InChI is InChI=1S/C25H36O5/c1-18(2)8-7-12-24(5)13-9-20(17-26)21(27)10-15-25(6,29)22(11-14-24)30-23(28)16-19(3)4/h8-11,14-16,22,26,29H,7,12-13,17H2,1-6H3/b14-11-,15-10-,20-9+. The largest absolute Gasteiger partial charge is 0.452 e. The molecule has 0 aromatic carbocycles. The minimum absolute atomic E-state index is 0.281. The van der Waals surface area contributed by atoms with Crippen molar-refractivity contribution in [1.29, 1.82) is 0 Å². The van der Waals surface area contributed by atoms with E-state index in [2.05, 4.69) is 6.08 Å². The molecule has 5 nitrogen and oxygen atoms in total. The fraction of sp³-hybridized carbons (Fsp3) is 0.520. The molecule has 30 heavy (non-hydrogen) atoms. The summed E-state index contributed by atoms with van der Waals surface area (Å²) in [5.74, 6) is -0.930. The van der Waals surface area contributed by atoms with Crippen LogP contribution in [0.4, 0.5) is 0 Å². The predicted molar refractivity (Wildman–Crippen MR) is 120 cm³/mol. The molecule has 1 aliphatic carbocycles. The Morgan fingerprint density at radius 3 is 2.43 bits per heavy atom. The molecule has 0 saturated heterocycles. The Hall–Kier alpha value is -2.24. The number of aliphatic hydroxyl groups excluding tert-OH is 1. The maximum Gasteiger partial charge on any atom is 0.331 e. The normalized spacial score (nSPS) is 30.9. The average Bonchev–Trinajstić information content (AvgIpc) is 2.63. The molecule has 0 amide bonds. The molecule has 0 saturated carbocycles. The molecular weight excluding hydrogens is 380 g/mol. The number of esters is 1. The lowest BCUT2D eigenvalue weighted by molar-refractivity contribution is -0.148. The monoisotopic (exact) mass is 416 g/mol. The minimum atomic E-state index is -1.59. The van der Waals surface area contributed by atoms with Crippen LogP contribution in [0, 0.1) is 5.41 Å². The molecule has 3 atom stereocenters. The molecule has 0 radical (unpaired) electrons. The summed E-state index contributed by atoms with van der Waals surface area (Å²) in [6.07, 6.45) is 12.7. The molecule has 0 bridgehead atoms. The lowest BCUT2D eigenvalue weighted by Gasteiger charge is -2.29. The maximum atomic E-state index is 12.5. The summed E-state index contributed by atoms with van der Waals surface area (Å²) in [6, 6.07) is 0. The van der Waals surface area contributed by atoms with Crippen LogP contribution in [0.25, 0.3) is 0 Å². The second-order valence-corrected chi connectivity index (χ2v) is 8.93. The SMILES string of the molecule is CC(C)=CCCC1(C)/C=C\C(OC(=O)C=C(C)C)C(C)(O)/C=C\C(=O)/C(CO)=C/C1. The lowest BCUT2D eigenvalue weighted by atomic mass is 9.80. The van der Waals surface area contributed by atoms with Gasteiger partial charge in [-0.3, -0.25) is 4.79 Å². The Morgan fingerprint density at radius 2 is 1.87 bits per heavy atom. The number of ketones is 1. The van der Waals surface area contributed by atoms with E-state index in [-0.39, 0.29) is 23.4 Å². The number of hydrogen-bond acceptors (Lipinski definition) is 5. The predicted octanol–water partition coefficient (Wildman–Crippen LogP) is 4.37. The fourth-order valence-corrected chi connectivity index (χ4v) is 3.06. The van der Waals surface area contributed by atoms with Crippen LogP contribution in [0.2, 0.25) is 0 Å². The summed E-state index contributed by atoms with van der Waals surface area (Å²) >= 11 is 0.